The summed E-state index contributed by atoms with van der Waals surface area (Å²) in [5.74, 6) is 0.527. The number of carbonyl (C=O) groups excluding carboxylic acids is 1. The number of aromatic nitrogens is 2. The first kappa shape index (κ1) is 20.7. The molecule has 0 aliphatic carbocycles. The molecule has 1 aliphatic heterocycles. The Hall–Kier alpha value is -1.37. The highest BCUT2D eigenvalue weighted by Gasteiger charge is 2.17. The van der Waals surface area contributed by atoms with Crippen LogP contribution < -0.4 is 10.6 Å². The van der Waals surface area contributed by atoms with E-state index in [9.17, 15) is 9.18 Å². The van der Waals surface area contributed by atoms with Crippen molar-refractivity contribution in [1.82, 2.24) is 20.2 Å². The van der Waals surface area contributed by atoms with E-state index in [1.165, 1.54) is 6.07 Å². The molecule has 1 aromatic carbocycles. The average molecular weight is 377 g/mol. The smallest absolute Gasteiger partial charge is 0.221 e. The Kier molecular flexibility index (Phi) is 7.93. The molecule has 2 heterocycles. The van der Waals surface area contributed by atoms with Crippen LogP contribution in [0.3, 0.4) is 0 Å². The molecule has 0 saturated carbocycles. The third kappa shape index (κ3) is 4.59. The number of para-hydroxylation sites is 1. The molecule has 1 saturated heterocycles. The van der Waals surface area contributed by atoms with Gasteiger partial charge in [-0.05, 0) is 31.5 Å². The number of rotatable bonds is 5. The Morgan fingerprint density at radius 1 is 1.46 bits per heavy atom. The molecule has 2 N–H and O–H groups in total. The fourth-order valence-electron chi connectivity index (χ4n) is 2.99. The number of hydrogen-bond donors (Lipinski definition) is 2. The molecule has 0 radical (unpaired) electrons. The molecule has 1 aromatic heterocycles. The molecular formula is C16H23Cl2FN4O. The second-order valence-corrected chi connectivity index (χ2v) is 5.79. The quantitative estimate of drug-likeness (QED) is 0.841. The summed E-state index contributed by atoms with van der Waals surface area (Å²) in [6.45, 7) is 1.52. The molecule has 5 nitrogen and oxygen atoms in total. The number of imidazole rings is 1. The molecule has 24 heavy (non-hydrogen) atoms. The van der Waals surface area contributed by atoms with E-state index >= 15 is 0 Å². The molecule has 2 aromatic rings. The second-order valence-electron chi connectivity index (χ2n) is 5.79. The van der Waals surface area contributed by atoms with E-state index in [2.05, 4.69) is 15.6 Å². The van der Waals surface area contributed by atoms with Crippen LogP contribution >= 0.6 is 24.8 Å². The number of halogens is 3. The number of amides is 1. The summed E-state index contributed by atoms with van der Waals surface area (Å²) in [4.78, 5) is 16.2. The third-order valence-electron chi connectivity index (χ3n) is 4.22. The van der Waals surface area contributed by atoms with Crippen LogP contribution in [0.4, 0.5) is 4.39 Å². The lowest BCUT2D eigenvalue weighted by Gasteiger charge is -2.10. The van der Waals surface area contributed by atoms with Crippen molar-refractivity contribution >= 4 is 41.8 Å². The van der Waals surface area contributed by atoms with Gasteiger partial charge >= 0.3 is 0 Å². The van der Waals surface area contributed by atoms with Crippen molar-refractivity contribution in [2.24, 2.45) is 7.05 Å². The highest BCUT2D eigenvalue weighted by molar-refractivity contribution is 5.85. The van der Waals surface area contributed by atoms with Crippen LogP contribution in [-0.4, -0.2) is 34.6 Å². The van der Waals surface area contributed by atoms with E-state index in [4.69, 9.17) is 0 Å². The maximum atomic E-state index is 13.7. The number of nitrogens with one attached hydrogen (secondary N) is 2. The van der Waals surface area contributed by atoms with Gasteiger partial charge in [0, 0.05) is 32.5 Å². The first-order valence-corrected chi connectivity index (χ1v) is 7.75. The SMILES string of the molecule is Cl.Cl.Cn1c(CCNC(=O)CC2CCCN2)nc2c(F)cccc21. The minimum Gasteiger partial charge on any atom is -0.356 e. The summed E-state index contributed by atoms with van der Waals surface area (Å²) in [5, 5.41) is 6.23. The van der Waals surface area contributed by atoms with E-state index < -0.39 is 0 Å². The Bertz CT molecular complexity index is 686. The van der Waals surface area contributed by atoms with Crippen LogP contribution in [0.25, 0.3) is 11.0 Å². The zero-order valence-corrected chi connectivity index (χ0v) is 15.2. The van der Waals surface area contributed by atoms with Crippen molar-refractivity contribution in [3.63, 3.8) is 0 Å². The molecule has 1 amide bonds. The Morgan fingerprint density at radius 3 is 2.92 bits per heavy atom. The summed E-state index contributed by atoms with van der Waals surface area (Å²) >= 11 is 0. The van der Waals surface area contributed by atoms with Gasteiger partial charge in [-0.2, -0.15) is 0 Å². The minimum atomic E-state index is -0.310. The van der Waals surface area contributed by atoms with Crippen LogP contribution in [-0.2, 0) is 18.3 Å². The van der Waals surface area contributed by atoms with Crippen molar-refractivity contribution in [1.29, 1.82) is 0 Å². The van der Waals surface area contributed by atoms with E-state index in [0.717, 1.165) is 30.7 Å². The van der Waals surface area contributed by atoms with Gasteiger partial charge in [-0.25, -0.2) is 9.37 Å². The van der Waals surface area contributed by atoms with Gasteiger partial charge in [0.15, 0.2) is 5.82 Å². The molecule has 1 atom stereocenters. The Balaban J connectivity index is 0.00000144. The van der Waals surface area contributed by atoms with E-state index in [-0.39, 0.29) is 36.5 Å². The first-order valence-electron chi connectivity index (χ1n) is 7.75. The van der Waals surface area contributed by atoms with Crippen LogP contribution in [0, 0.1) is 5.82 Å². The van der Waals surface area contributed by atoms with Gasteiger partial charge in [-0.15, -0.1) is 24.8 Å². The van der Waals surface area contributed by atoms with Crippen LogP contribution in [0.5, 0.6) is 0 Å². The minimum absolute atomic E-state index is 0. The molecule has 1 fully saturated rings. The molecule has 3 rings (SSSR count). The third-order valence-corrected chi connectivity index (χ3v) is 4.22. The fraction of sp³-hybridized carbons (Fsp3) is 0.500. The number of fused-ring (bicyclic) bond motifs is 1. The molecule has 1 aliphatic rings. The lowest BCUT2D eigenvalue weighted by atomic mass is 10.1. The summed E-state index contributed by atoms with van der Waals surface area (Å²) in [5.41, 5.74) is 1.16. The maximum absolute atomic E-state index is 13.7. The monoisotopic (exact) mass is 376 g/mol. The van der Waals surface area contributed by atoms with E-state index in [1.807, 2.05) is 17.7 Å². The van der Waals surface area contributed by atoms with E-state index in [1.54, 1.807) is 6.07 Å². The van der Waals surface area contributed by atoms with Crippen LogP contribution in [0.2, 0.25) is 0 Å². The van der Waals surface area contributed by atoms with Crippen molar-refractivity contribution in [3.8, 4) is 0 Å². The number of carbonyl (C=O) groups is 1. The zero-order chi connectivity index (χ0) is 15.5. The number of nitrogens with zero attached hydrogens (tertiary/aromatic N) is 2. The van der Waals surface area contributed by atoms with Gasteiger partial charge in [-0.3, -0.25) is 4.79 Å². The molecule has 134 valence electrons. The topological polar surface area (TPSA) is 59.0 Å². The predicted molar refractivity (Wildman–Crippen MR) is 97.5 cm³/mol. The standard InChI is InChI=1S/C16H21FN4O.2ClH/c1-21-13-6-2-5-12(17)16(13)20-14(21)7-9-19-15(22)10-11-4-3-8-18-11;;/h2,5-6,11,18H,3-4,7-10H2,1H3,(H,19,22);2*1H. The second kappa shape index (κ2) is 9.20. The fourth-order valence-corrected chi connectivity index (χ4v) is 2.99. The molecule has 1 unspecified atom stereocenters. The van der Waals surface area contributed by atoms with Crippen molar-refractivity contribution < 1.29 is 9.18 Å². The zero-order valence-electron chi connectivity index (χ0n) is 13.5. The average Bonchev–Trinajstić information content (AvgIpc) is 3.10. The summed E-state index contributed by atoms with van der Waals surface area (Å²) in [6, 6.07) is 5.25. The summed E-state index contributed by atoms with van der Waals surface area (Å²) < 4.78 is 15.6. The van der Waals surface area contributed by atoms with Crippen molar-refractivity contribution in [2.45, 2.75) is 31.7 Å². The Labute approximate surface area is 153 Å². The highest BCUT2D eigenvalue weighted by atomic mass is 35.5. The normalized spacial score (nSPS) is 16.5. The molecule has 8 heteroatoms. The van der Waals surface area contributed by atoms with Gasteiger partial charge in [0.2, 0.25) is 5.91 Å². The lowest BCUT2D eigenvalue weighted by Crippen LogP contribution is -2.33. The first-order chi connectivity index (χ1) is 10.6. The lowest BCUT2D eigenvalue weighted by molar-refractivity contribution is -0.121. The molecular weight excluding hydrogens is 354 g/mol. The highest BCUT2D eigenvalue weighted by Crippen LogP contribution is 2.18. The van der Waals surface area contributed by atoms with Crippen molar-refractivity contribution in [2.75, 3.05) is 13.1 Å². The number of hydrogen-bond acceptors (Lipinski definition) is 3. The number of aryl methyl sites for hydroxylation is 1. The van der Waals surface area contributed by atoms with Crippen LogP contribution in [0.15, 0.2) is 18.2 Å². The molecule has 0 spiro atoms. The summed E-state index contributed by atoms with van der Waals surface area (Å²) in [6.07, 6.45) is 3.33. The van der Waals surface area contributed by atoms with Crippen molar-refractivity contribution in [3.05, 3.63) is 29.8 Å². The molecule has 0 bridgehead atoms. The van der Waals surface area contributed by atoms with Gasteiger partial charge in [0.05, 0.1) is 5.52 Å². The van der Waals surface area contributed by atoms with Gasteiger partial charge < -0.3 is 15.2 Å². The van der Waals surface area contributed by atoms with Gasteiger partial charge in [-0.1, -0.05) is 6.07 Å². The van der Waals surface area contributed by atoms with Crippen LogP contribution in [0.1, 0.15) is 25.1 Å². The van der Waals surface area contributed by atoms with Gasteiger partial charge in [0.1, 0.15) is 11.3 Å². The van der Waals surface area contributed by atoms with Gasteiger partial charge in [0.25, 0.3) is 0 Å². The van der Waals surface area contributed by atoms with E-state index in [0.29, 0.717) is 30.9 Å². The summed E-state index contributed by atoms with van der Waals surface area (Å²) in [7, 11) is 1.87. The maximum Gasteiger partial charge on any atom is 0.221 e. The number of benzene rings is 1. The predicted octanol–water partition coefficient (Wildman–Crippen LogP) is 2.36. The largest absolute Gasteiger partial charge is 0.356 e. The Morgan fingerprint density at radius 2 is 2.25 bits per heavy atom.